The van der Waals surface area contributed by atoms with E-state index in [1.165, 1.54) is 0 Å². The highest BCUT2D eigenvalue weighted by molar-refractivity contribution is 5.80. The van der Waals surface area contributed by atoms with E-state index in [2.05, 4.69) is 10.3 Å². The highest BCUT2D eigenvalue weighted by Crippen LogP contribution is 2.26. The van der Waals surface area contributed by atoms with Crippen molar-refractivity contribution in [3.05, 3.63) is 60.2 Å². The van der Waals surface area contributed by atoms with E-state index in [1.54, 1.807) is 0 Å². The lowest BCUT2D eigenvalue weighted by Crippen LogP contribution is -2.31. The Morgan fingerprint density at radius 3 is 2.37 bits per heavy atom. The van der Waals surface area contributed by atoms with E-state index in [0.717, 1.165) is 22.2 Å². The maximum absolute atomic E-state index is 11.0. The summed E-state index contributed by atoms with van der Waals surface area (Å²) < 4.78 is 11.5. The summed E-state index contributed by atoms with van der Waals surface area (Å²) in [5.41, 5.74) is 6.95. The first-order valence-electron chi connectivity index (χ1n) is 8.82. The zero-order chi connectivity index (χ0) is 19.4. The highest BCUT2D eigenvalue weighted by atomic mass is 16.5. The van der Waals surface area contributed by atoms with Crippen LogP contribution in [0.2, 0.25) is 0 Å². The number of rotatable bonds is 6. The number of amides is 2. The second-order valence-corrected chi connectivity index (χ2v) is 6.57. The first-order valence-corrected chi connectivity index (χ1v) is 8.82. The zero-order valence-electron chi connectivity index (χ0n) is 15.6. The van der Waals surface area contributed by atoms with Crippen molar-refractivity contribution in [3.63, 3.8) is 0 Å². The van der Waals surface area contributed by atoms with Gasteiger partial charge in [0.15, 0.2) is 0 Å². The van der Waals surface area contributed by atoms with Crippen LogP contribution in [0.3, 0.4) is 0 Å². The number of primary amides is 1. The van der Waals surface area contributed by atoms with Crippen molar-refractivity contribution in [1.29, 1.82) is 0 Å². The van der Waals surface area contributed by atoms with Crippen molar-refractivity contribution in [1.82, 2.24) is 10.3 Å². The predicted octanol–water partition coefficient (Wildman–Crippen LogP) is 4.54. The molecule has 6 nitrogen and oxygen atoms in total. The Balaban J connectivity index is 1.75. The van der Waals surface area contributed by atoms with Crippen molar-refractivity contribution in [2.24, 2.45) is 5.73 Å². The molecule has 0 fully saturated rings. The summed E-state index contributed by atoms with van der Waals surface area (Å²) >= 11 is 0. The summed E-state index contributed by atoms with van der Waals surface area (Å²) in [5.74, 6) is 2.00. The van der Waals surface area contributed by atoms with Crippen LogP contribution in [0.25, 0.3) is 10.9 Å². The van der Waals surface area contributed by atoms with Crippen molar-refractivity contribution in [2.75, 3.05) is 0 Å². The van der Waals surface area contributed by atoms with Gasteiger partial charge in [0, 0.05) is 11.5 Å². The van der Waals surface area contributed by atoms with Crippen LogP contribution in [0.5, 0.6) is 17.4 Å². The molecule has 27 heavy (non-hydrogen) atoms. The van der Waals surface area contributed by atoms with Crippen molar-refractivity contribution in [2.45, 2.75) is 32.9 Å². The number of nitrogens with zero attached hydrogens (tertiary/aromatic N) is 1. The molecule has 0 radical (unpaired) electrons. The van der Waals surface area contributed by atoms with Crippen molar-refractivity contribution in [3.8, 4) is 17.4 Å². The molecule has 6 heteroatoms. The quantitative estimate of drug-likeness (QED) is 0.671. The number of aromatic nitrogens is 1. The minimum atomic E-state index is -0.547. The van der Waals surface area contributed by atoms with Gasteiger partial charge in [-0.05, 0) is 68.8 Å². The number of fused-ring (bicyclic) bond motifs is 1. The zero-order valence-corrected chi connectivity index (χ0v) is 15.6. The van der Waals surface area contributed by atoms with Crippen LogP contribution >= 0.6 is 0 Å². The molecule has 0 aliphatic rings. The number of benzene rings is 2. The molecule has 1 heterocycles. The molecule has 140 valence electrons. The van der Waals surface area contributed by atoms with Crippen molar-refractivity contribution < 1.29 is 14.3 Å². The number of urea groups is 1. The molecule has 0 spiro atoms. The number of carbonyl (C=O) groups excluding carboxylic acids is 1. The van der Waals surface area contributed by atoms with E-state index in [1.807, 2.05) is 75.4 Å². The van der Waals surface area contributed by atoms with Gasteiger partial charge in [-0.3, -0.25) is 0 Å². The van der Waals surface area contributed by atoms with E-state index in [4.69, 9.17) is 15.2 Å². The number of hydrogen-bond donors (Lipinski definition) is 2. The third kappa shape index (κ3) is 4.88. The number of hydrogen-bond acceptors (Lipinski definition) is 4. The van der Waals surface area contributed by atoms with E-state index >= 15 is 0 Å². The van der Waals surface area contributed by atoms with Gasteiger partial charge in [-0.25, -0.2) is 9.78 Å². The largest absolute Gasteiger partial charge is 0.491 e. The standard InChI is InChI=1S/C21H23N3O3/c1-13(2)26-17-6-8-18(9-7-17)27-20-11-5-16-12-15(4-10-19(16)24-20)14(3)23-21(22)25/h4-14H,1-3H3,(H3,22,23,25). The fourth-order valence-corrected chi connectivity index (χ4v) is 2.73. The average Bonchev–Trinajstić information content (AvgIpc) is 2.62. The third-order valence-corrected chi connectivity index (χ3v) is 3.96. The number of pyridine rings is 1. The molecule has 3 aromatic rings. The summed E-state index contributed by atoms with van der Waals surface area (Å²) in [6, 6.07) is 16.3. The van der Waals surface area contributed by atoms with Crippen LogP contribution in [0.15, 0.2) is 54.6 Å². The second kappa shape index (κ2) is 7.95. The van der Waals surface area contributed by atoms with Crippen LogP contribution in [-0.4, -0.2) is 17.1 Å². The number of nitrogens with two attached hydrogens (primary N) is 1. The summed E-state index contributed by atoms with van der Waals surface area (Å²) in [7, 11) is 0. The van der Waals surface area contributed by atoms with Crippen LogP contribution in [0.1, 0.15) is 32.4 Å². The van der Waals surface area contributed by atoms with Gasteiger partial charge in [-0.2, -0.15) is 0 Å². The van der Waals surface area contributed by atoms with Gasteiger partial charge in [0.05, 0.1) is 17.7 Å². The smallest absolute Gasteiger partial charge is 0.312 e. The number of ether oxygens (including phenoxy) is 2. The second-order valence-electron chi connectivity index (χ2n) is 6.57. The van der Waals surface area contributed by atoms with Gasteiger partial charge >= 0.3 is 6.03 Å². The molecule has 0 aliphatic heterocycles. The summed E-state index contributed by atoms with van der Waals surface area (Å²) in [6.07, 6.45) is 0.129. The lowest BCUT2D eigenvalue weighted by Gasteiger charge is -2.13. The highest BCUT2D eigenvalue weighted by Gasteiger charge is 2.09. The summed E-state index contributed by atoms with van der Waals surface area (Å²) in [4.78, 5) is 15.5. The lowest BCUT2D eigenvalue weighted by atomic mass is 10.1. The Hall–Kier alpha value is -3.28. The van der Waals surface area contributed by atoms with Gasteiger partial charge in [0.25, 0.3) is 0 Å². The number of nitrogens with one attached hydrogen (secondary N) is 1. The Morgan fingerprint density at radius 1 is 1.00 bits per heavy atom. The topological polar surface area (TPSA) is 86.5 Å². The molecule has 3 rings (SSSR count). The van der Waals surface area contributed by atoms with Crippen LogP contribution in [-0.2, 0) is 0 Å². The Labute approximate surface area is 158 Å². The molecule has 0 saturated carbocycles. The fraction of sp³-hybridized carbons (Fsp3) is 0.238. The van der Waals surface area contributed by atoms with Gasteiger partial charge in [-0.15, -0.1) is 0 Å². The van der Waals surface area contributed by atoms with Gasteiger partial charge in [-0.1, -0.05) is 6.07 Å². The first kappa shape index (κ1) is 18.5. The number of carbonyl (C=O) groups is 1. The molecule has 1 aromatic heterocycles. The molecular formula is C21H23N3O3. The van der Waals surface area contributed by atoms with E-state index in [0.29, 0.717) is 11.6 Å². The maximum Gasteiger partial charge on any atom is 0.312 e. The van der Waals surface area contributed by atoms with Gasteiger partial charge in [0.2, 0.25) is 5.88 Å². The molecule has 3 N–H and O–H groups in total. The molecular weight excluding hydrogens is 342 g/mol. The molecule has 2 amide bonds. The van der Waals surface area contributed by atoms with Crippen LogP contribution in [0, 0.1) is 0 Å². The minimum Gasteiger partial charge on any atom is -0.491 e. The fourth-order valence-electron chi connectivity index (χ4n) is 2.73. The predicted molar refractivity (Wildman–Crippen MR) is 105 cm³/mol. The van der Waals surface area contributed by atoms with Crippen LogP contribution in [0.4, 0.5) is 4.79 Å². The van der Waals surface area contributed by atoms with E-state index in [-0.39, 0.29) is 12.1 Å². The normalized spacial score (nSPS) is 12.0. The first-order chi connectivity index (χ1) is 12.9. The molecule has 2 aromatic carbocycles. The molecule has 0 bridgehead atoms. The van der Waals surface area contributed by atoms with Gasteiger partial charge in [0.1, 0.15) is 11.5 Å². The molecule has 1 atom stereocenters. The summed E-state index contributed by atoms with van der Waals surface area (Å²) in [5, 5.41) is 3.62. The van der Waals surface area contributed by atoms with E-state index in [9.17, 15) is 4.79 Å². The third-order valence-electron chi connectivity index (χ3n) is 3.96. The summed E-state index contributed by atoms with van der Waals surface area (Å²) in [6.45, 7) is 5.85. The monoisotopic (exact) mass is 365 g/mol. The molecule has 0 aliphatic carbocycles. The van der Waals surface area contributed by atoms with Crippen LogP contribution < -0.4 is 20.5 Å². The Kier molecular flexibility index (Phi) is 5.45. The molecule has 1 unspecified atom stereocenters. The maximum atomic E-state index is 11.0. The lowest BCUT2D eigenvalue weighted by molar-refractivity contribution is 0.242. The average molecular weight is 365 g/mol. The Morgan fingerprint density at radius 2 is 1.70 bits per heavy atom. The van der Waals surface area contributed by atoms with E-state index < -0.39 is 6.03 Å². The Bertz CT molecular complexity index is 939. The minimum absolute atomic E-state index is 0.129. The SMILES string of the molecule is CC(C)Oc1ccc(Oc2ccc3cc(C(C)NC(N)=O)ccc3n2)cc1. The molecule has 0 saturated heterocycles. The van der Waals surface area contributed by atoms with Crippen molar-refractivity contribution >= 4 is 16.9 Å². The van der Waals surface area contributed by atoms with Gasteiger partial charge < -0.3 is 20.5 Å².